The van der Waals surface area contributed by atoms with Gasteiger partial charge in [0.1, 0.15) is 5.75 Å². The minimum Gasteiger partial charge on any atom is -0.490 e. The van der Waals surface area contributed by atoms with Crippen LogP contribution in [0.3, 0.4) is 0 Å². The van der Waals surface area contributed by atoms with Crippen LogP contribution >= 0.6 is 0 Å². The standard InChI is InChI=1S/C14H19NO2/c16-14(6-8-15-9-7-14)11-2-1-3-13(10-11)17-12-4-5-12/h1-3,10,12,15-16H,4-9H2. The summed E-state index contributed by atoms with van der Waals surface area (Å²) in [5.41, 5.74) is 0.325. The summed E-state index contributed by atoms with van der Waals surface area (Å²) in [7, 11) is 0. The van der Waals surface area contributed by atoms with Crippen molar-refractivity contribution in [2.45, 2.75) is 37.4 Å². The SMILES string of the molecule is OC1(c2cccc(OC3CC3)c2)CCNCC1. The minimum absolute atomic E-state index is 0.410. The van der Waals surface area contributed by atoms with Crippen molar-refractivity contribution in [3.63, 3.8) is 0 Å². The number of rotatable bonds is 3. The molecule has 3 rings (SSSR count). The molecule has 3 nitrogen and oxygen atoms in total. The van der Waals surface area contributed by atoms with Gasteiger partial charge in [0, 0.05) is 0 Å². The Balaban J connectivity index is 1.80. The van der Waals surface area contributed by atoms with E-state index in [4.69, 9.17) is 4.74 Å². The number of aliphatic hydroxyl groups is 1. The molecule has 0 spiro atoms. The van der Waals surface area contributed by atoms with E-state index >= 15 is 0 Å². The van der Waals surface area contributed by atoms with E-state index < -0.39 is 5.60 Å². The molecule has 1 aromatic carbocycles. The van der Waals surface area contributed by atoms with Crippen LogP contribution in [-0.2, 0) is 5.60 Å². The Morgan fingerprint density at radius 2 is 2.00 bits per heavy atom. The van der Waals surface area contributed by atoms with Gasteiger partial charge in [-0.05, 0) is 56.5 Å². The van der Waals surface area contributed by atoms with E-state index in [1.54, 1.807) is 0 Å². The van der Waals surface area contributed by atoms with Crippen LogP contribution in [0.15, 0.2) is 24.3 Å². The molecule has 0 aromatic heterocycles. The molecule has 3 heteroatoms. The molecule has 1 saturated carbocycles. The lowest BCUT2D eigenvalue weighted by Gasteiger charge is -2.33. The van der Waals surface area contributed by atoms with Gasteiger partial charge in [0.05, 0.1) is 11.7 Å². The number of benzene rings is 1. The van der Waals surface area contributed by atoms with Gasteiger partial charge in [-0.3, -0.25) is 0 Å². The summed E-state index contributed by atoms with van der Waals surface area (Å²) in [5, 5.41) is 13.9. The predicted molar refractivity (Wildman–Crippen MR) is 66.1 cm³/mol. The van der Waals surface area contributed by atoms with Gasteiger partial charge >= 0.3 is 0 Å². The van der Waals surface area contributed by atoms with E-state index in [1.807, 2.05) is 24.3 Å². The van der Waals surface area contributed by atoms with Gasteiger partial charge < -0.3 is 15.2 Å². The molecule has 1 saturated heterocycles. The molecule has 1 aliphatic carbocycles. The Bertz CT molecular complexity index is 395. The Morgan fingerprint density at radius 3 is 2.71 bits per heavy atom. The second-order valence-electron chi connectivity index (χ2n) is 5.13. The van der Waals surface area contributed by atoms with Crippen molar-refractivity contribution in [3.05, 3.63) is 29.8 Å². The fourth-order valence-corrected chi connectivity index (χ4v) is 2.37. The lowest BCUT2D eigenvalue weighted by atomic mass is 9.85. The van der Waals surface area contributed by atoms with Crippen LogP contribution in [0.1, 0.15) is 31.2 Å². The zero-order chi connectivity index (χ0) is 11.7. The summed E-state index contributed by atoms with van der Waals surface area (Å²) < 4.78 is 5.78. The lowest BCUT2D eigenvalue weighted by molar-refractivity contribution is 0.00571. The molecular weight excluding hydrogens is 214 g/mol. The van der Waals surface area contributed by atoms with Crippen LogP contribution in [0.2, 0.25) is 0 Å². The van der Waals surface area contributed by atoms with Gasteiger partial charge in [-0.2, -0.15) is 0 Å². The van der Waals surface area contributed by atoms with E-state index in [-0.39, 0.29) is 0 Å². The first-order valence-electron chi connectivity index (χ1n) is 6.47. The van der Waals surface area contributed by atoms with E-state index in [2.05, 4.69) is 5.32 Å². The summed E-state index contributed by atoms with van der Waals surface area (Å²) in [6.45, 7) is 1.76. The van der Waals surface area contributed by atoms with Crippen LogP contribution in [0.4, 0.5) is 0 Å². The molecule has 1 aromatic rings. The highest BCUT2D eigenvalue weighted by Gasteiger charge is 2.31. The maximum absolute atomic E-state index is 10.6. The fourth-order valence-electron chi connectivity index (χ4n) is 2.37. The number of hydrogen-bond donors (Lipinski definition) is 2. The van der Waals surface area contributed by atoms with E-state index in [1.165, 1.54) is 12.8 Å². The molecule has 17 heavy (non-hydrogen) atoms. The van der Waals surface area contributed by atoms with Crippen molar-refractivity contribution in [1.82, 2.24) is 5.32 Å². The maximum Gasteiger partial charge on any atom is 0.120 e. The third-order valence-corrected chi connectivity index (χ3v) is 3.63. The van der Waals surface area contributed by atoms with E-state index in [0.29, 0.717) is 6.10 Å². The summed E-state index contributed by atoms with van der Waals surface area (Å²) in [6.07, 6.45) is 4.30. The lowest BCUT2D eigenvalue weighted by Crippen LogP contribution is -2.39. The number of nitrogens with one attached hydrogen (secondary N) is 1. The van der Waals surface area contributed by atoms with Crippen molar-refractivity contribution in [2.75, 3.05) is 13.1 Å². The minimum atomic E-state index is -0.672. The molecule has 0 amide bonds. The summed E-state index contributed by atoms with van der Waals surface area (Å²) in [4.78, 5) is 0. The predicted octanol–water partition coefficient (Wildman–Crippen LogP) is 1.80. The molecule has 0 unspecified atom stereocenters. The molecule has 92 valence electrons. The first-order valence-corrected chi connectivity index (χ1v) is 6.47. The third-order valence-electron chi connectivity index (χ3n) is 3.63. The van der Waals surface area contributed by atoms with Gasteiger partial charge in [0.25, 0.3) is 0 Å². The quantitative estimate of drug-likeness (QED) is 0.836. The van der Waals surface area contributed by atoms with Crippen molar-refractivity contribution in [1.29, 1.82) is 0 Å². The van der Waals surface area contributed by atoms with Crippen LogP contribution in [0.25, 0.3) is 0 Å². The Morgan fingerprint density at radius 1 is 1.24 bits per heavy atom. The van der Waals surface area contributed by atoms with E-state index in [0.717, 1.165) is 37.2 Å². The first-order chi connectivity index (χ1) is 8.26. The number of ether oxygens (including phenoxy) is 1. The highest BCUT2D eigenvalue weighted by Crippen LogP contribution is 2.34. The van der Waals surface area contributed by atoms with Crippen molar-refractivity contribution < 1.29 is 9.84 Å². The Labute approximate surface area is 102 Å². The van der Waals surface area contributed by atoms with Gasteiger partial charge in [-0.25, -0.2) is 0 Å². The van der Waals surface area contributed by atoms with Crippen LogP contribution in [0, 0.1) is 0 Å². The topological polar surface area (TPSA) is 41.5 Å². The second-order valence-corrected chi connectivity index (χ2v) is 5.13. The molecule has 1 aliphatic heterocycles. The van der Waals surface area contributed by atoms with Crippen LogP contribution < -0.4 is 10.1 Å². The number of piperidine rings is 1. The van der Waals surface area contributed by atoms with Crippen LogP contribution in [0.5, 0.6) is 5.75 Å². The zero-order valence-corrected chi connectivity index (χ0v) is 9.98. The Kier molecular flexibility index (Phi) is 2.81. The average molecular weight is 233 g/mol. The zero-order valence-electron chi connectivity index (χ0n) is 9.98. The molecule has 0 radical (unpaired) electrons. The van der Waals surface area contributed by atoms with Crippen molar-refractivity contribution >= 4 is 0 Å². The second kappa shape index (κ2) is 4.31. The van der Waals surface area contributed by atoms with Gasteiger partial charge in [-0.1, -0.05) is 12.1 Å². The molecule has 2 fully saturated rings. The smallest absolute Gasteiger partial charge is 0.120 e. The summed E-state index contributed by atoms with van der Waals surface area (Å²) >= 11 is 0. The normalized spacial score (nSPS) is 23.4. The van der Waals surface area contributed by atoms with Gasteiger partial charge in [0.2, 0.25) is 0 Å². The molecule has 2 aliphatic rings. The van der Waals surface area contributed by atoms with E-state index in [9.17, 15) is 5.11 Å². The largest absolute Gasteiger partial charge is 0.490 e. The Hall–Kier alpha value is -1.06. The monoisotopic (exact) mass is 233 g/mol. The first kappa shape index (κ1) is 11.1. The van der Waals surface area contributed by atoms with Gasteiger partial charge in [-0.15, -0.1) is 0 Å². The highest BCUT2D eigenvalue weighted by molar-refractivity contribution is 5.33. The molecule has 2 N–H and O–H groups in total. The molecule has 1 heterocycles. The van der Waals surface area contributed by atoms with Gasteiger partial charge in [0.15, 0.2) is 0 Å². The molecule has 0 bridgehead atoms. The summed E-state index contributed by atoms with van der Waals surface area (Å²) in [5.74, 6) is 0.900. The summed E-state index contributed by atoms with van der Waals surface area (Å²) in [6, 6.07) is 7.97. The van der Waals surface area contributed by atoms with Crippen molar-refractivity contribution in [3.8, 4) is 5.75 Å². The average Bonchev–Trinajstić information content (AvgIpc) is 3.14. The molecular formula is C14H19NO2. The van der Waals surface area contributed by atoms with Crippen molar-refractivity contribution in [2.24, 2.45) is 0 Å². The number of hydrogen-bond acceptors (Lipinski definition) is 3. The maximum atomic E-state index is 10.6. The fraction of sp³-hybridized carbons (Fsp3) is 0.571. The van der Waals surface area contributed by atoms with Crippen LogP contribution in [-0.4, -0.2) is 24.3 Å². The highest BCUT2D eigenvalue weighted by atomic mass is 16.5. The third kappa shape index (κ3) is 2.45. The molecule has 0 atom stereocenters.